The number of carbonyl (C=O) groups excluding carboxylic acids is 1. The molecule has 0 unspecified atom stereocenters. The maximum absolute atomic E-state index is 11.7. The average Bonchev–Trinajstić information content (AvgIpc) is 2.46. The second kappa shape index (κ2) is 9.34. The lowest BCUT2D eigenvalue weighted by atomic mass is 10.1. The Hall–Kier alpha value is -1.59. The zero-order valence-corrected chi connectivity index (χ0v) is 11.9. The molecule has 1 aromatic rings. The summed E-state index contributed by atoms with van der Waals surface area (Å²) < 4.78 is 5.13. The van der Waals surface area contributed by atoms with Crippen molar-refractivity contribution in [3.63, 3.8) is 0 Å². The molecule has 5 nitrogen and oxygen atoms in total. The van der Waals surface area contributed by atoms with Gasteiger partial charge in [0.2, 0.25) is 0 Å². The molecule has 0 saturated carbocycles. The zero-order valence-electron chi connectivity index (χ0n) is 11.9. The van der Waals surface area contributed by atoms with E-state index in [9.17, 15) is 10.0 Å². The van der Waals surface area contributed by atoms with Gasteiger partial charge in [-0.2, -0.15) is 0 Å². The maximum Gasteiger partial charge on any atom is 0.338 e. The summed E-state index contributed by atoms with van der Waals surface area (Å²) in [5, 5.41) is 19.2. The van der Waals surface area contributed by atoms with Crippen LogP contribution in [-0.2, 0) is 4.74 Å². The van der Waals surface area contributed by atoms with Crippen LogP contribution >= 0.6 is 0 Å². The van der Waals surface area contributed by atoms with Gasteiger partial charge in [-0.15, -0.1) is 0 Å². The summed E-state index contributed by atoms with van der Waals surface area (Å²) in [5.41, 5.74) is 0.280. The van der Waals surface area contributed by atoms with Crippen molar-refractivity contribution in [1.29, 1.82) is 0 Å². The molecule has 0 radical (unpaired) electrons. The molecule has 0 spiro atoms. The summed E-state index contributed by atoms with van der Waals surface area (Å²) >= 11 is 0. The standard InChI is InChI=1S/C15H22NO4/c1-2-3-4-5-6-7-11-20-15(17)13-9-8-10-14(12-13)16(18)19/h8-10,12,18H,2-7,11H2,1H3/q-1. The number of anilines is 1. The van der Waals surface area contributed by atoms with Gasteiger partial charge in [0.15, 0.2) is 0 Å². The van der Waals surface area contributed by atoms with Crippen molar-refractivity contribution in [2.75, 3.05) is 11.8 Å². The molecule has 20 heavy (non-hydrogen) atoms. The fourth-order valence-corrected chi connectivity index (χ4v) is 1.88. The topological polar surface area (TPSA) is 72.8 Å². The van der Waals surface area contributed by atoms with Gasteiger partial charge in [0.25, 0.3) is 0 Å². The molecular weight excluding hydrogens is 258 g/mol. The number of esters is 1. The van der Waals surface area contributed by atoms with E-state index in [0.29, 0.717) is 6.61 Å². The first kappa shape index (κ1) is 16.5. The lowest BCUT2D eigenvalue weighted by molar-refractivity contribution is 0.0497. The van der Waals surface area contributed by atoms with E-state index in [1.54, 1.807) is 6.07 Å². The van der Waals surface area contributed by atoms with E-state index >= 15 is 0 Å². The van der Waals surface area contributed by atoms with Gasteiger partial charge >= 0.3 is 5.97 Å². The Labute approximate surface area is 119 Å². The number of hydrogen-bond donors (Lipinski definition) is 1. The van der Waals surface area contributed by atoms with Crippen LogP contribution in [0.3, 0.4) is 0 Å². The number of benzene rings is 1. The van der Waals surface area contributed by atoms with E-state index < -0.39 is 5.97 Å². The van der Waals surface area contributed by atoms with Crippen molar-refractivity contribution in [1.82, 2.24) is 0 Å². The second-order valence-corrected chi connectivity index (χ2v) is 4.73. The van der Waals surface area contributed by atoms with Gasteiger partial charge in [0, 0.05) is 0 Å². The number of ether oxygens (including phenoxy) is 1. The van der Waals surface area contributed by atoms with Crippen LogP contribution in [0.2, 0.25) is 0 Å². The number of rotatable bonds is 9. The van der Waals surface area contributed by atoms with Crippen LogP contribution < -0.4 is 5.23 Å². The van der Waals surface area contributed by atoms with Gasteiger partial charge < -0.3 is 15.2 Å². The average molecular weight is 280 g/mol. The maximum atomic E-state index is 11.7. The number of unbranched alkanes of at least 4 members (excludes halogenated alkanes) is 5. The van der Waals surface area contributed by atoms with Gasteiger partial charge in [0.05, 0.1) is 17.9 Å². The predicted octanol–water partition coefficient (Wildman–Crippen LogP) is 3.90. The molecule has 0 bridgehead atoms. The highest BCUT2D eigenvalue weighted by Crippen LogP contribution is 2.14. The third-order valence-electron chi connectivity index (χ3n) is 3.03. The number of carbonyl (C=O) groups is 1. The molecule has 0 fully saturated rings. The predicted molar refractivity (Wildman–Crippen MR) is 77.7 cm³/mol. The summed E-state index contributed by atoms with van der Waals surface area (Å²) in [6.45, 7) is 2.56. The molecule has 0 aromatic heterocycles. The van der Waals surface area contributed by atoms with Crippen LogP contribution in [0.4, 0.5) is 5.69 Å². The Bertz CT molecular complexity index is 407. The third-order valence-corrected chi connectivity index (χ3v) is 3.03. The monoisotopic (exact) mass is 280 g/mol. The van der Waals surface area contributed by atoms with Gasteiger partial charge in [-0.3, -0.25) is 5.21 Å². The van der Waals surface area contributed by atoms with Crippen molar-refractivity contribution in [3.05, 3.63) is 35.0 Å². The van der Waals surface area contributed by atoms with Gasteiger partial charge in [0.1, 0.15) is 0 Å². The number of hydrogen-bond acceptors (Lipinski definition) is 5. The van der Waals surface area contributed by atoms with E-state index in [-0.39, 0.29) is 16.5 Å². The first-order valence-electron chi connectivity index (χ1n) is 7.08. The minimum Gasteiger partial charge on any atom is -0.733 e. The quantitative estimate of drug-likeness (QED) is 0.422. The molecule has 0 saturated heterocycles. The summed E-state index contributed by atoms with van der Waals surface area (Å²) in [6.07, 6.45) is 6.76. The van der Waals surface area contributed by atoms with Crippen LogP contribution in [-0.4, -0.2) is 17.8 Å². The van der Waals surface area contributed by atoms with Crippen molar-refractivity contribution in [2.45, 2.75) is 45.4 Å². The van der Waals surface area contributed by atoms with Crippen LogP contribution in [0.15, 0.2) is 24.3 Å². The van der Waals surface area contributed by atoms with Crippen molar-refractivity contribution in [3.8, 4) is 0 Å². The highest BCUT2D eigenvalue weighted by Gasteiger charge is 2.07. The van der Waals surface area contributed by atoms with Gasteiger partial charge in [-0.1, -0.05) is 45.1 Å². The van der Waals surface area contributed by atoms with Crippen LogP contribution in [0, 0.1) is 5.21 Å². The van der Waals surface area contributed by atoms with Crippen molar-refractivity contribution >= 4 is 11.7 Å². The highest BCUT2D eigenvalue weighted by molar-refractivity contribution is 5.90. The molecule has 0 heterocycles. The van der Waals surface area contributed by atoms with E-state index in [2.05, 4.69) is 6.92 Å². The smallest absolute Gasteiger partial charge is 0.338 e. The first-order chi connectivity index (χ1) is 9.65. The second-order valence-electron chi connectivity index (χ2n) is 4.73. The fourth-order valence-electron chi connectivity index (χ4n) is 1.88. The van der Waals surface area contributed by atoms with Crippen molar-refractivity contribution < 1.29 is 14.7 Å². The van der Waals surface area contributed by atoms with Crippen LogP contribution in [0.1, 0.15) is 55.8 Å². The lowest BCUT2D eigenvalue weighted by Crippen LogP contribution is -2.10. The van der Waals surface area contributed by atoms with Gasteiger partial charge in [-0.25, -0.2) is 4.79 Å². The Morgan fingerprint density at radius 2 is 1.95 bits per heavy atom. The van der Waals surface area contributed by atoms with E-state index in [1.807, 2.05) is 0 Å². The molecule has 0 aliphatic rings. The highest BCUT2D eigenvalue weighted by atomic mass is 16.8. The van der Waals surface area contributed by atoms with E-state index in [1.165, 1.54) is 37.5 Å². The molecule has 1 N–H and O–H groups in total. The molecule has 112 valence electrons. The number of nitrogens with zero attached hydrogens (tertiary/aromatic N) is 1. The summed E-state index contributed by atoms with van der Waals surface area (Å²) in [6, 6.07) is 5.79. The lowest BCUT2D eigenvalue weighted by Gasteiger charge is -2.21. The van der Waals surface area contributed by atoms with E-state index in [0.717, 1.165) is 19.3 Å². The Morgan fingerprint density at radius 1 is 1.25 bits per heavy atom. The Balaban J connectivity index is 2.27. The minimum absolute atomic E-state index is 0.0130. The normalized spacial score (nSPS) is 10.3. The molecule has 0 atom stereocenters. The summed E-state index contributed by atoms with van der Waals surface area (Å²) in [4.78, 5) is 11.7. The Morgan fingerprint density at radius 3 is 2.65 bits per heavy atom. The molecular formula is C15H22NO4-. The largest absolute Gasteiger partial charge is 0.733 e. The minimum atomic E-state index is -0.470. The molecule has 1 rings (SSSR count). The molecule has 0 amide bonds. The fraction of sp³-hybridized carbons (Fsp3) is 0.533. The Kier molecular flexibility index (Phi) is 7.69. The molecule has 1 aromatic carbocycles. The van der Waals surface area contributed by atoms with Crippen molar-refractivity contribution in [2.24, 2.45) is 0 Å². The summed E-state index contributed by atoms with van der Waals surface area (Å²) in [7, 11) is 0. The SMILES string of the molecule is CCCCCCCCOC(=O)c1cccc(N([O-])O)c1. The summed E-state index contributed by atoms with van der Waals surface area (Å²) in [5.74, 6) is -0.470. The zero-order chi connectivity index (χ0) is 14.8. The molecule has 0 aliphatic carbocycles. The molecule has 0 aliphatic heterocycles. The van der Waals surface area contributed by atoms with Crippen LogP contribution in [0.5, 0.6) is 0 Å². The third kappa shape index (κ3) is 6.04. The molecule has 5 heteroatoms. The van der Waals surface area contributed by atoms with Crippen LogP contribution in [0.25, 0.3) is 0 Å². The van der Waals surface area contributed by atoms with Gasteiger partial charge in [-0.05, 0) is 24.6 Å². The van der Waals surface area contributed by atoms with E-state index in [4.69, 9.17) is 9.94 Å². The first-order valence-corrected chi connectivity index (χ1v) is 7.08.